The van der Waals surface area contributed by atoms with E-state index in [-0.39, 0.29) is 24.2 Å². The van der Waals surface area contributed by atoms with E-state index in [2.05, 4.69) is 38.1 Å². The summed E-state index contributed by atoms with van der Waals surface area (Å²) in [5.41, 5.74) is 9.30. The fourth-order valence-electron chi connectivity index (χ4n) is 3.02. The average molecular weight is 361 g/mol. The highest BCUT2D eigenvalue weighted by Gasteiger charge is 2.18. The zero-order valence-corrected chi connectivity index (χ0v) is 16.0. The molecule has 0 bridgehead atoms. The smallest absolute Gasteiger partial charge is 0.223 e. The van der Waals surface area contributed by atoms with Gasteiger partial charge in [0, 0.05) is 19.5 Å². The first-order valence-electron chi connectivity index (χ1n) is 8.69. The minimum atomic E-state index is 0. The Balaban J connectivity index is 0.00000312. The minimum Gasteiger partial charge on any atom is -0.338 e. The normalized spacial score (nSPS) is 11.5. The van der Waals surface area contributed by atoms with Gasteiger partial charge in [-0.3, -0.25) is 4.79 Å². The molecule has 4 heteroatoms. The summed E-state index contributed by atoms with van der Waals surface area (Å²) in [4.78, 5) is 14.8. The summed E-state index contributed by atoms with van der Waals surface area (Å²) in [6, 6.07) is 18.4. The number of carbonyl (C=O) groups is 1. The molecule has 3 nitrogen and oxygen atoms in total. The molecule has 0 heterocycles. The maximum atomic E-state index is 12.8. The summed E-state index contributed by atoms with van der Waals surface area (Å²) in [7, 11) is 0. The van der Waals surface area contributed by atoms with E-state index in [0.29, 0.717) is 26.1 Å². The molecular formula is C21H29ClN2O. The van der Waals surface area contributed by atoms with Crippen LogP contribution in [-0.4, -0.2) is 23.9 Å². The summed E-state index contributed by atoms with van der Waals surface area (Å²) >= 11 is 0. The van der Waals surface area contributed by atoms with E-state index in [1.165, 1.54) is 11.1 Å². The molecule has 136 valence electrons. The first-order valence-corrected chi connectivity index (χ1v) is 8.69. The molecule has 0 aromatic heterocycles. The molecule has 1 amide bonds. The van der Waals surface area contributed by atoms with Crippen molar-refractivity contribution in [2.75, 3.05) is 13.1 Å². The summed E-state index contributed by atoms with van der Waals surface area (Å²) in [5, 5.41) is 0. The number of carbonyl (C=O) groups excluding carboxylic acids is 1. The number of nitrogens with zero attached hydrogens (tertiary/aromatic N) is 1. The Hall–Kier alpha value is -1.84. The molecule has 2 aromatic carbocycles. The van der Waals surface area contributed by atoms with Crippen molar-refractivity contribution in [2.24, 2.45) is 5.73 Å². The highest BCUT2D eigenvalue weighted by molar-refractivity contribution is 5.85. The van der Waals surface area contributed by atoms with Gasteiger partial charge in [-0.2, -0.15) is 0 Å². The summed E-state index contributed by atoms with van der Waals surface area (Å²) < 4.78 is 0. The highest BCUT2D eigenvalue weighted by Crippen LogP contribution is 2.23. The number of benzene rings is 2. The van der Waals surface area contributed by atoms with Crippen molar-refractivity contribution in [3.63, 3.8) is 0 Å². The Kier molecular flexibility index (Phi) is 9.25. The lowest BCUT2D eigenvalue weighted by Gasteiger charge is -2.25. The predicted molar refractivity (Wildman–Crippen MR) is 107 cm³/mol. The number of hydrogen-bond acceptors (Lipinski definition) is 2. The molecular weight excluding hydrogens is 332 g/mol. The molecule has 0 aliphatic heterocycles. The first-order chi connectivity index (χ1) is 11.6. The Morgan fingerprint density at radius 3 is 2.36 bits per heavy atom. The molecule has 0 saturated carbocycles. The van der Waals surface area contributed by atoms with Gasteiger partial charge in [0.25, 0.3) is 0 Å². The van der Waals surface area contributed by atoms with Crippen LogP contribution in [0, 0.1) is 6.92 Å². The van der Waals surface area contributed by atoms with Crippen LogP contribution in [0.15, 0.2) is 54.6 Å². The van der Waals surface area contributed by atoms with Crippen LogP contribution in [0.25, 0.3) is 0 Å². The van der Waals surface area contributed by atoms with Crippen LogP contribution in [0.1, 0.15) is 42.4 Å². The van der Waals surface area contributed by atoms with Crippen LogP contribution in [0.4, 0.5) is 0 Å². The lowest BCUT2D eigenvalue weighted by atomic mass is 9.93. The lowest BCUT2D eigenvalue weighted by molar-refractivity contribution is -0.132. The number of hydrogen-bond donors (Lipinski definition) is 1. The Bertz CT molecular complexity index is 645. The van der Waals surface area contributed by atoms with Crippen LogP contribution in [0.2, 0.25) is 0 Å². The van der Waals surface area contributed by atoms with E-state index in [1.807, 2.05) is 35.2 Å². The third-order valence-corrected chi connectivity index (χ3v) is 4.40. The topological polar surface area (TPSA) is 46.3 Å². The lowest BCUT2D eigenvalue weighted by Crippen LogP contribution is -2.33. The molecule has 1 atom stereocenters. The molecule has 2 rings (SSSR count). The molecule has 25 heavy (non-hydrogen) atoms. The monoisotopic (exact) mass is 360 g/mol. The third kappa shape index (κ3) is 6.52. The average Bonchev–Trinajstić information content (AvgIpc) is 2.59. The third-order valence-electron chi connectivity index (χ3n) is 4.40. The minimum absolute atomic E-state index is 0. The molecule has 0 aliphatic rings. The van der Waals surface area contributed by atoms with Gasteiger partial charge in [-0.25, -0.2) is 0 Å². The van der Waals surface area contributed by atoms with Crippen molar-refractivity contribution >= 4 is 18.3 Å². The van der Waals surface area contributed by atoms with Crippen molar-refractivity contribution in [1.82, 2.24) is 4.90 Å². The van der Waals surface area contributed by atoms with Gasteiger partial charge in [0.15, 0.2) is 0 Å². The Morgan fingerprint density at radius 1 is 1.08 bits per heavy atom. The first kappa shape index (κ1) is 21.2. The van der Waals surface area contributed by atoms with Gasteiger partial charge in [0.2, 0.25) is 5.91 Å². The zero-order chi connectivity index (χ0) is 17.4. The van der Waals surface area contributed by atoms with E-state index in [9.17, 15) is 4.79 Å². The largest absolute Gasteiger partial charge is 0.338 e. The van der Waals surface area contributed by atoms with Crippen molar-refractivity contribution in [3.05, 3.63) is 71.3 Å². The van der Waals surface area contributed by atoms with E-state index in [1.54, 1.807) is 0 Å². The Labute approximate surface area is 157 Å². The molecule has 2 N–H and O–H groups in total. The number of amides is 1. The molecule has 0 radical (unpaired) electrons. The molecule has 1 unspecified atom stereocenters. The maximum absolute atomic E-state index is 12.8. The van der Waals surface area contributed by atoms with E-state index < -0.39 is 0 Å². The number of aryl methyl sites for hydroxylation is 1. The quantitative estimate of drug-likeness (QED) is 0.763. The fourth-order valence-corrected chi connectivity index (χ4v) is 3.02. The van der Waals surface area contributed by atoms with Crippen LogP contribution in [-0.2, 0) is 11.3 Å². The molecule has 0 aliphatic carbocycles. The second-order valence-corrected chi connectivity index (χ2v) is 6.40. The van der Waals surface area contributed by atoms with Crippen LogP contribution < -0.4 is 5.73 Å². The molecule has 0 fully saturated rings. The van der Waals surface area contributed by atoms with Gasteiger partial charge >= 0.3 is 0 Å². The number of halogens is 1. The fraction of sp³-hybridized carbons (Fsp3) is 0.381. The van der Waals surface area contributed by atoms with Gasteiger partial charge in [-0.15, -0.1) is 12.4 Å². The SMILES string of the molecule is Cc1ccccc1C(C)CC(=O)N(CCCN)Cc1ccccc1.Cl. The van der Waals surface area contributed by atoms with Crippen molar-refractivity contribution < 1.29 is 4.79 Å². The maximum Gasteiger partial charge on any atom is 0.223 e. The van der Waals surface area contributed by atoms with Gasteiger partial charge in [-0.1, -0.05) is 61.5 Å². The van der Waals surface area contributed by atoms with Crippen molar-refractivity contribution in [2.45, 2.75) is 39.2 Å². The van der Waals surface area contributed by atoms with Crippen molar-refractivity contribution in [1.29, 1.82) is 0 Å². The standard InChI is InChI=1S/C21H28N2O.ClH/c1-17-9-6-7-12-20(17)18(2)15-21(24)23(14-8-13-22)16-19-10-4-3-5-11-19;/h3-7,9-12,18H,8,13-16,22H2,1-2H3;1H. The van der Waals surface area contributed by atoms with Crippen LogP contribution in [0.3, 0.4) is 0 Å². The van der Waals surface area contributed by atoms with Crippen molar-refractivity contribution in [3.8, 4) is 0 Å². The summed E-state index contributed by atoms with van der Waals surface area (Å²) in [6.45, 7) is 6.20. The summed E-state index contributed by atoms with van der Waals surface area (Å²) in [5.74, 6) is 0.415. The van der Waals surface area contributed by atoms with Gasteiger partial charge in [-0.05, 0) is 42.5 Å². The Morgan fingerprint density at radius 2 is 1.72 bits per heavy atom. The van der Waals surface area contributed by atoms with Gasteiger partial charge < -0.3 is 10.6 Å². The highest BCUT2D eigenvalue weighted by atomic mass is 35.5. The van der Waals surface area contributed by atoms with E-state index >= 15 is 0 Å². The number of rotatable bonds is 8. The van der Waals surface area contributed by atoms with Gasteiger partial charge in [0.05, 0.1) is 0 Å². The molecule has 2 aromatic rings. The number of nitrogens with two attached hydrogens (primary N) is 1. The zero-order valence-electron chi connectivity index (χ0n) is 15.2. The van der Waals surface area contributed by atoms with Crippen LogP contribution in [0.5, 0.6) is 0 Å². The molecule has 0 spiro atoms. The van der Waals surface area contributed by atoms with Gasteiger partial charge in [0.1, 0.15) is 0 Å². The van der Waals surface area contributed by atoms with E-state index in [4.69, 9.17) is 5.73 Å². The molecule has 0 saturated heterocycles. The van der Waals surface area contributed by atoms with E-state index in [0.717, 1.165) is 12.0 Å². The summed E-state index contributed by atoms with van der Waals surface area (Å²) in [6.07, 6.45) is 1.36. The second kappa shape index (κ2) is 10.9. The predicted octanol–water partition coefficient (Wildman–Crippen LogP) is 4.29. The van der Waals surface area contributed by atoms with Crippen LogP contribution >= 0.6 is 12.4 Å². The second-order valence-electron chi connectivity index (χ2n) is 6.40.